The van der Waals surface area contributed by atoms with Crippen molar-refractivity contribution in [1.29, 1.82) is 0 Å². The number of aryl methyl sites for hydroxylation is 2. The molecule has 1 fully saturated rings. The number of ether oxygens (including phenoxy) is 2. The van der Waals surface area contributed by atoms with E-state index in [9.17, 15) is 19.8 Å². The van der Waals surface area contributed by atoms with E-state index in [4.69, 9.17) is 14.5 Å². The molecule has 1 aliphatic heterocycles. The Morgan fingerprint density at radius 1 is 1.03 bits per heavy atom. The first kappa shape index (κ1) is 26.2. The molecule has 0 spiro atoms. The predicted octanol–water partition coefficient (Wildman–Crippen LogP) is 6.04. The van der Waals surface area contributed by atoms with Crippen LogP contribution in [-0.4, -0.2) is 40.1 Å². The van der Waals surface area contributed by atoms with Crippen LogP contribution in [0.1, 0.15) is 42.1 Å². The van der Waals surface area contributed by atoms with Gasteiger partial charge in [-0.15, -0.1) is 0 Å². The van der Waals surface area contributed by atoms with E-state index in [-0.39, 0.29) is 22.8 Å². The number of Topliss-reactive ketones (excluding diaryl/α,β-unsaturated/α-hetero) is 1. The number of nitrogens with zero attached hydrogens (tertiary/aromatic N) is 2. The molecule has 4 aromatic rings. The molecule has 3 aromatic carbocycles. The molecule has 0 bridgehead atoms. The number of anilines is 1. The molecule has 0 radical (unpaired) electrons. The molecule has 0 aliphatic carbocycles. The Labute approximate surface area is 229 Å². The number of thiazole rings is 1. The zero-order valence-electron chi connectivity index (χ0n) is 22.0. The summed E-state index contributed by atoms with van der Waals surface area (Å²) in [4.78, 5) is 33.2. The highest BCUT2D eigenvalue weighted by atomic mass is 32.1. The smallest absolute Gasteiger partial charge is 0.301 e. The number of fused-ring (bicyclic) bond motifs is 1. The van der Waals surface area contributed by atoms with Crippen LogP contribution in [0, 0.1) is 13.8 Å². The topological polar surface area (TPSA) is 109 Å². The second-order valence-corrected chi connectivity index (χ2v) is 10.2. The first-order chi connectivity index (χ1) is 18.7. The number of rotatable bonds is 7. The van der Waals surface area contributed by atoms with Gasteiger partial charge in [-0.25, -0.2) is 4.98 Å². The largest absolute Gasteiger partial charge is 0.507 e. The minimum absolute atomic E-state index is 0.0759. The number of aromatic hydroxyl groups is 1. The van der Waals surface area contributed by atoms with Gasteiger partial charge in [-0.2, -0.15) is 0 Å². The van der Waals surface area contributed by atoms with Gasteiger partial charge in [-0.1, -0.05) is 35.6 Å². The number of hydrogen-bond acceptors (Lipinski definition) is 8. The summed E-state index contributed by atoms with van der Waals surface area (Å²) >= 11 is 1.30. The number of aliphatic hydroxyl groups is 1. The molecule has 1 atom stereocenters. The predicted molar refractivity (Wildman–Crippen MR) is 151 cm³/mol. The Morgan fingerprint density at radius 2 is 1.79 bits per heavy atom. The minimum Gasteiger partial charge on any atom is -0.507 e. The maximum absolute atomic E-state index is 13.6. The summed E-state index contributed by atoms with van der Waals surface area (Å²) < 4.78 is 12.0. The van der Waals surface area contributed by atoms with Crippen LogP contribution in [-0.2, 0) is 9.59 Å². The lowest BCUT2D eigenvalue weighted by Crippen LogP contribution is -2.29. The molecule has 1 aliphatic rings. The zero-order valence-corrected chi connectivity index (χ0v) is 22.8. The Kier molecular flexibility index (Phi) is 7.01. The summed E-state index contributed by atoms with van der Waals surface area (Å²) in [5, 5.41) is 22.1. The number of phenols is 1. The lowest BCUT2D eigenvalue weighted by Gasteiger charge is -2.23. The fourth-order valence-corrected chi connectivity index (χ4v) is 6.00. The summed E-state index contributed by atoms with van der Waals surface area (Å²) in [7, 11) is 0. The van der Waals surface area contributed by atoms with E-state index in [1.807, 2.05) is 32.9 Å². The highest BCUT2D eigenvalue weighted by Crippen LogP contribution is 2.46. The van der Waals surface area contributed by atoms with Crippen molar-refractivity contribution in [2.75, 3.05) is 18.1 Å². The molecule has 200 valence electrons. The second-order valence-electron chi connectivity index (χ2n) is 9.22. The molecule has 2 heterocycles. The lowest BCUT2D eigenvalue weighted by atomic mass is 9.95. The number of amides is 1. The van der Waals surface area contributed by atoms with Crippen molar-refractivity contribution in [2.24, 2.45) is 0 Å². The van der Waals surface area contributed by atoms with Crippen LogP contribution in [0.15, 0.2) is 60.2 Å². The number of benzene rings is 3. The Balaban J connectivity index is 1.74. The van der Waals surface area contributed by atoms with Gasteiger partial charge in [0, 0.05) is 5.56 Å². The monoisotopic (exact) mass is 544 g/mol. The lowest BCUT2D eigenvalue weighted by molar-refractivity contribution is -0.132. The fourth-order valence-electron chi connectivity index (χ4n) is 4.83. The summed E-state index contributed by atoms with van der Waals surface area (Å²) in [6, 6.07) is 14.3. The van der Waals surface area contributed by atoms with Crippen molar-refractivity contribution in [3.05, 3.63) is 82.4 Å². The van der Waals surface area contributed by atoms with Crippen molar-refractivity contribution in [3.8, 4) is 17.2 Å². The number of aromatic nitrogens is 1. The van der Waals surface area contributed by atoms with Gasteiger partial charge in [0.1, 0.15) is 11.5 Å². The Hall–Kier alpha value is -4.37. The third-order valence-corrected chi connectivity index (χ3v) is 7.49. The van der Waals surface area contributed by atoms with Crippen LogP contribution in [0.3, 0.4) is 0 Å². The number of aliphatic hydroxyl groups excluding tert-OH is 1. The fraction of sp³-hybridized carbons (Fsp3) is 0.233. The van der Waals surface area contributed by atoms with Gasteiger partial charge < -0.3 is 19.7 Å². The first-order valence-corrected chi connectivity index (χ1v) is 13.4. The minimum atomic E-state index is -1.01. The average Bonchev–Trinajstić information content (AvgIpc) is 3.44. The van der Waals surface area contributed by atoms with Crippen LogP contribution >= 0.6 is 11.3 Å². The molecule has 39 heavy (non-hydrogen) atoms. The molecule has 0 saturated carbocycles. The standard InChI is InChI=1S/C30H28N2O6S/c1-5-37-20-9-7-8-19(14-20)27(34)24-26(18-10-11-21(33)22(15-18)38-6-2)32(29(36)28(24)35)30-31-25-17(4)12-16(3)13-23(25)39-30/h7-15,26,33-34H,5-6H2,1-4H3. The van der Waals surface area contributed by atoms with Gasteiger partial charge in [-0.3, -0.25) is 14.5 Å². The highest BCUT2D eigenvalue weighted by molar-refractivity contribution is 7.22. The van der Waals surface area contributed by atoms with E-state index < -0.39 is 17.7 Å². The van der Waals surface area contributed by atoms with Crippen LogP contribution in [0.2, 0.25) is 0 Å². The average molecular weight is 545 g/mol. The van der Waals surface area contributed by atoms with Gasteiger partial charge >= 0.3 is 5.91 Å². The van der Waals surface area contributed by atoms with E-state index in [1.54, 1.807) is 43.3 Å². The van der Waals surface area contributed by atoms with Crippen molar-refractivity contribution in [3.63, 3.8) is 0 Å². The van der Waals surface area contributed by atoms with Crippen LogP contribution in [0.5, 0.6) is 17.2 Å². The van der Waals surface area contributed by atoms with Gasteiger partial charge in [0.2, 0.25) is 0 Å². The van der Waals surface area contributed by atoms with Gasteiger partial charge in [0.05, 0.1) is 35.0 Å². The summed E-state index contributed by atoms with van der Waals surface area (Å²) in [5.74, 6) is -1.32. The van der Waals surface area contributed by atoms with E-state index in [2.05, 4.69) is 0 Å². The Morgan fingerprint density at radius 3 is 2.54 bits per heavy atom. The summed E-state index contributed by atoms with van der Waals surface area (Å²) in [5.41, 5.74) is 3.48. The zero-order chi connectivity index (χ0) is 27.8. The molecule has 2 N–H and O–H groups in total. The summed E-state index contributed by atoms with van der Waals surface area (Å²) in [6.45, 7) is 8.30. The van der Waals surface area contributed by atoms with Crippen LogP contribution in [0.25, 0.3) is 16.0 Å². The molecule has 1 amide bonds. The van der Waals surface area contributed by atoms with Gasteiger partial charge in [0.25, 0.3) is 5.78 Å². The molecule has 1 saturated heterocycles. The third kappa shape index (κ3) is 4.70. The SMILES string of the molecule is CCOc1cccc(C(O)=C2C(=O)C(=O)N(c3nc4c(C)cc(C)cc4s3)C2c2ccc(O)c(OCC)c2)c1. The molecule has 8 nitrogen and oxygen atoms in total. The Bertz CT molecular complexity index is 1640. The van der Waals surface area contributed by atoms with E-state index in [0.29, 0.717) is 35.2 Å². The maximum Gasteiger partial charge on any atom is 0.301 e. The van der Waals surface area contributed by atoms with Crippen LogP contribution < -0.4 is 14.4 Å². The number of hydrogen-bond donors (Lipinski definition) is 2. The van der Waals surface area contributed by atoms with Crippen molar-refractivity contribution in [2.45, 2.75) is 33.7 Å². The third-order valence-electron chi connectivity index (χ3n) is 6.49. The molecule has 1 aromatic heterocycles. The van der Waals surface area contributed by atoms with Crippen molar-refractivity contribution in [1.82, 2.24) is 4.98 Å². The first-order valence-electron chi connectivity index (χ1n) is 12.6. The number of phenolic OH excluding ortho intramolecular Hbond substituents is 1. The molecular formula is C30H28N2O6S. The number of ketones is 1. The normalized spacial score (nSPS) is 16.7. The molecule has 5 rings (SSSR count). The molecular weight excluding hydrogens is 516 g/mol. The number of carbonyl (C=O) groups excluding carboxylic acids is 2. The molecule has 1 unspecified atom stereocenters. The maximum atomic E-state index is 13.6. The quantitative estimate of drug-likeness (QED) is 0.166. The summed E-state index contributed by atoms with van der Waals surface area (Å²) in [6.07, 6.45) is 0. The van der Waals surface area contributed by atoms with Crippen molar-refractivity contribution >= 4 is 44.1 Å². The number of carbonyl (C=O) groups is 2. The molecule has 9 heteroatoms. The second kappa shape index (κ2) is 10.4. The van der Waals surface area contributed by atoms with E-state index in [0.717, 1.165) is 21.3 Å². The van der Waals surface area contributed by atoms with Crippen molar-refractivity contribution < 1.29 is 29.3 Å². The van der Waals surface area contributed by atoms with E-state index in [1.165, 1.54) is 22.3 Å². The highest BCUT2D eigenvalue weighted by Gasteiger charge is 2.48. The van der Waals surface area contributed by atoms with Crippen LogP contribution in [0.4, 0.5) is 5.13 Å². The van der Waals surface area contributed by atoms with Gasteiger partial charge in [0.15, 0.2) is 16.6 Å². The van der Waals surface area contributed by atoms with E-state index >= 15 is 0 Å². The van der Waals surface area contributed by atoms with Gasteiger partial charge in [-0.05, 0) is 74.7 Å².